The van der Waals surface area contributed by atoms with E-state index in [0.29, 0.717) is 17.7 Å². The predicted molar refractivity (Wildman–Crippen MR) is 112 cm³/mol. The van der Waals surface area contributed by atoms with Gasteiger partial charge in [-0.3, -0.25) is 0 Å². The minimum absolute atomic E-state index is 0.381. The van der Waals surface area contributed by atoms with Gasteiger partial charge in [0.15, 0.2) is 5.11 Å². The van der Waals surface area contributed by atoms with Crippen molar-refractivity contribution in [2.75, 3.05) is 26.7 Å². The van der Waals surface area contributed by atoms with Gasteiger partial charge in [-0.15, -0.1) is 0 Å². The Kier molecular flexibility index (Phi) is 8.38. The molecule has 0 aliphatic heterocycles. The fraction of sp³-hybridized carbons (Fsp3) is 0.381. The van der Waals surface area contributed by atoms with E-state index in [-0.39, 0.29) is 0 Å². The summed E-state index contributed by atoms with van der Waals surface area (Å²) in [6.45, 7) is 8.15. The molecule has 0 unspecified atom stereocenters. The van der Waals surface area contributed by atoms with Gasteiger partial charge in [-0.25, -0.2) is 0 Å². The molecule has 3 N–H and O–H groups in total. The lowest BCUT2D eigenvalue weighted by Crippen LogP contribution is -3.12. The molecule has 2 aromatic rings. The minimum Gasteiger partial charge on any atom is -0.497 e. The molecule has 5 heteroatoms. The number of hydrogen-bond donors (Lipinski definition) is 3. The summed E-state index contributed by atoms with van der Waals surface area (Å²) in [4.78, 5) is 1.54. The van der Waals surface area contributed by atoms with Crippen molar-refractivity contribution in [3.8, 4) is 5.75 Å². The number of thiocarbonyl (C=S) groups is 1. The first kappa shape index (κ1) is 20.2. The lowest BCUT2D eigenvalue weighted by molar-refractivity contribution is -0.927. The summed E-state index contributed by atoms with van der Waals surface area (Å²) in [6, 6.07) is 19.1. The van der Waals surface area contributed by atoms with E-state index in [0.717, 1.165) is 25.4 Å². The zero-order valence-electron chi connectivity index (χ0n) is 15.9. The molecular formula is C21H30N3OS+. The van der Waals surface area contributed by atoms with E-state index >= 15 is 0 Å². The molecule has 0 heterocycles. The first-order chi connectivity index (χ1) is 12.7. The predicted octanol–water partition coefficient (Wildman–Crippen LogP) is 2.33. The van der Waals surface area contributed by atoms with E-state index in [2.05, 4.69) is 54.8 Å². The van der Waals surface area contributed by atoms with Crippen molar-refractivity contribution in [3.63, 3.8) is 0 Å². The average molecular weight is 373 g/mol. The van der Waals surface area contributed by atoms with Crippen LogP contribution in [0.3, 0.4) is 0 Å². The first-order valence-corrected chi connectivity index (χ1v) is 9.62. The Balaban J connectivity index is 1.89. The van der Waals surface area contributed by atoms with E-state index < -0.39 is 0 Å². The highest BCUT2D eigenvalue weighted by Crippen LogP contribution is 2.11. The molecule has 2 rings (SSSR count). The van der Waals surface area contributed by atoms with Crippen LogP contribution in [0.15, 0.2) is 54.6 Å². The summed E-state index contributed by atoms with van der Waals surface area (Å²) in [7, 11) is 1.67. The fourth-order valence-corrected chi connectivity index (χ4v) is 3.26. The van der Waals surface area contributed by atoms with Crippen molar-refractivity contribution in [3.05, 3.63) is 65.7 Å². The van der Waals surface area contributed by atoms with E-state index in [9.17, 15) is 0 Å². The van der Waals surface area contributed by atoms with Crippen molar-refractivity contribution in [2.45, 2.75) is 26.4 Å². The van der Waals surface area contributed by atoms with Crippen molar-refractivity contribution >= 4 is 17.3 Å². The van der Waals surface area contributed by atoms with Gasteiger partial charge in [0.1, 0.15) is 11.8 Å². The zero-order valence-corrected chi connectivity index (χ0v) is 16.7. The smallest absolute Gasteiger partial charge is 0.166 e. The van der Waals surface area contributed by atoms with Crippen molar-refractivity contribution in [2.24, 2.45) is 0 Å². The summed E-state index contributed by atoms with van der Waals surface area (Å²) in [5.74, 6) is 0.863. The maximum absolute atomic E-state index is 5.47. The molecule has 0 saturated heterocycles. The summed E-state index contributed by atoms with van der Waals surface area (Å²) in [6.07, 6.45) is 0. The van der Waals surface area contributed by atoms with Gasteiger partial charge in [0.25, 0.3) is 0 Å². The summed E-state index contributed by atoms with van der Waals surface area (Å²) in [5.41, 5.74) is 2.51. The number of rotatable bonds is 9. The van der Waals surface area contributed by atoms with E-state index in [1.165, 1.54) is 11.1 Å². The second kappa shape index (κ2) is 10.8. The molecule has 0 fully saturated rings. The fourth-order valence-electron chi connectivity index (χ4n) is 3.11. The number of likely N-dealkylation sites (N-methyl/N-ethyl adjacent to an activating group) is 1. The molecule has 0 amide bonds. The van der Waals surface area contributed by atoms with Crippen molar-refractivity contribution in [1.29, 1.82) is 0 Å². The molecule has 1 atom stereocenters. The van der Waals surface area contributed by atoms with Crippen LogP contribution in [-0.4, -0.2) is 31.9 Å². The van der Waals surface area contributed by atoms with Crippen LogP contribution in [0.1, 0.15) is 31.0 Å². The number of ether oxygens (including phenoxy) is 1. The highest BCUT2D eigenvalue weighted by Gasteiger charge is 2.21. The Bertz CT molecular complexity index is 657. The van der Waals surface area contributed by atoms with Gasteiger partial charge in [-0.2, -0.15) is 0 Å². The molecule has 0 aliphatic rings. The van der Waals surface area contributed by atoms with Gasteiger partial charge >= 0.3 is 0 Å². The maximum atomic E-state index is 5.47. The molecule has 2 aromatic carbocycles. The number of hydrogen-bond acceptors (Lipinski definition) is 2. The molecule has 0 bridgehead atoms. The Morgan fingerprint density at radius 3 is 2.23 bits per heavy atom. The third-order valence-corrected chi connectivity index (χ3v) is 4.97. The van der Waals surface area contributed by atoms with Crippen LogP contribution in [-0.2, 0) is 6.54 Å². The molecule has 0 radical (unpaired) electrons. The number of nitrogens with one attached hydrogen (secondary N) is 3. The lowest BCUT2D eigenvalue weighted by Gasteiger charge is -2.27. The largest absolute Gasteiger partial charge is 0.497 e. The van der Waals surface area contributed by atoms with Gasteiger partial charge in [0, 0.05) is 12.1 Å². The Hall–Kier alpha value is -2.11. The summed E-state index contributed by atoms with van der Waals surface area (Å²) in [5, 5.41) is 7.37. The van der Waals surface area contributed by atoms with Crippen LogP contribution in [0.4, 0.5) is 0 Å². The monoisotopic (exact) mass is 372 g/mol. The topological polar surface area (TPSA) is 37.7 Å². The molecule has 26 heavy (non-hydrogen) atoms. The molecule has 0 spiro atoms. The third kappa shape index (κ3) is 6.00. The van der Waals surface area contributed by atoms with Crippen LogP contribution in [0.5, 0.6) is 5.75 Å². The standard InChI is InChI=1S/C21H29N3OS/c1-4-24(5-2)20(18-9-7-6-8-10-18)16-23-21(26)22-15-17-11-13-19(25-3)14-12-17/h6-14,20H,4-5,15-16H2,1-3H3,(H2,22,23,26)/p+1/t20-/m1/s1. The van der Waals surface area contributed by atoms with Crippen molar-refractivity contribution in [1.82, 2.24) is 10.6 Å². The van der Waals surface area contributed by atoms with Crippen molar-refractivity contribution < 1.29 is 9.64 Å². The normalized spacial score (nSPS) is 11.8. The van der Waals surface area contributed by atoms with Gasteiger partial charge < -0.3 is 20.3 Å². The van der Waals surface area contributed by atoms with Crippen LogP contribution < -0.4 is 20.3 Å². The zero-order chi connectivity index (χ0) is 18.8. The summed E-state index contributed by atoms with van der Waals surface area (Å²) < 4.78 is 5.18. The molecule has 4 nitrogen and oxygen atoms in total. The highest BCUT2D eigenvalue weighted by atomic mass is 32.1. The Labute approximate surface area is 162 Å². The molecule has 0 aromatic heterocycles. The average Bonchev–Trinajstić information content (AvgIpc) is 2.70. The van der Waals surface area contributed by atoms with E-state index in [1.807, 2.05) is 24.3 Å². The lowest BCUT2D eigenvalue weighted by atomic mass is 10.1. The van der Waals surface area contributed by atoms with Gasteiger partial charge in [-0.1, -0.05) is 42.5 Å². The maximum Gasteiger partial charge on any atom is 0.166 e. The van der Waals surface area contributed by atoms with Crippen LogP contribution >= 0.6 is 12.2 Å². The number of quaternary nitrogens is 1. The quantitative estimate of drug-likeness (QED) is 0.591. The second-order valence-corrected chi connectivity index (χ2v) is 6.65. The van der Waals surface area contributed by atoms with Crippen LogP contribution in [0.2, 0.25) is 0 Å². The van der Waals surface area contributed by atoms with E-state index in [1.54, 1.807) is 12.0 Å². The third-order valence-electron chi connectivity index (χ3n) is 4.68. The first-order valence-electron chi connectivity index (χ1n) is 9.22. The van der Waals surface area contributed by atoms with Gasteiger partial charge in [-0.05, 0) is 43.8 Å². The van der Waals surface area contributed by atoms with Crippen LogP contribution in [0.25, 0.3) is 0 Å². The highest BCUT2D eigenvalue weighted by molar-refractivity contribution is 7.80. The summed E-state index contributed by atoms with van der Waals surface area (Å²) >= 11 is 5.47. The minimum atomic E-state index is 0.381. The second-order valence-electron chi connectivity index (χ2n) is 6.24. The van der Waals surface area contributed by atoms with Crippen LogP contribution in [0, 0.1) is 0 Å². The SMILES string of the molecule is CC[NH+](CC)[C@H](CNC(=S)NCc1ccc(OC)cc1)c1ccccc1. The van der Waals surface area contributed by atoms with E-state index in [4.69, 9.17) is 17.0 Å². The Morgan fingerprint density at radius 1 is 1.00 bits per heavy atom. The van der Waals surface area contributed by atoms with Gasteiger partial charge in [0.2, 0.25) is 0 Å². The van der Waals surface area contributed by atoms with Gasteiger partial charge in [0.05, 0.1) is 26.7 Å². The molecular weight excluding hydrogens is 342 g/mol. The molecule has 0 aliphatic carbocycles. The molecule has 140 valence electrons. The number of benzene rings is 2. The Morgan fingerprint density at radius 2 is 1.65 bits per heavy atom. The molecule has 0 saturated carbocycles. The number of methoxy groups -OCH3 is 1.